The third kappa shape index (κ3) is 3.21. The van der Waals surface area contributed by atoms with Crippen LogP contribution in [0.5, 0.6) is 17.2 Å². The van der Waals surface area contributed by atoms with Crippen molar-refractivity contribution in [2.75, 3.05) is 5.32 Å². The Labute approximate surface area is 170 Å². The lowest BCUT2D eigenvalue weighted by Crippen LogP contribution is -2.29. The van der Waals surface area contributed by atoms with E-state index in [4.69, 9.17) is 4.74 Å². The Kier molecular flexibility index (Phi) is 4.39. The standard InChI is InChI=1S/C25H23NO3/c27-17-12-13-21(22(28)14-17)24-19-9-4-8-18(19)20-10-5-11-23(25(20)26-24)29-15-16-6-2-1-3-7-16/h1-8,10-14,18-19,24,26-28H,9,15H2. The molecule has 1 aliphatic carbocycles. The quantitative estimate of drug-likeness (QED) is 0.519. The number of allylic oxidation sites excluding steroid dienone is 2. The van der Waals surface area contributed by atoms with Crippen LogP contribution in [-0.4, -0.2) is 10.2 Å². The van der Waals surface area contributed by atoms with E-state index in [1.54, 1.807) is 12.1 Å². The molecule has 3 atom stereocenters. The molecule has 4 heteroatoms. The Hall–Kier alpha value is -3.40. The number of hydrogen-bond donors (Lipinski definition) is 3. The highest BCUT2D eigenvalue weighted by atomic mass is 16.5. The topological polar surface area (TPSA) is 61.7 Å². The minimum absolute atomic E-state index is 0.0652. The van der Waals surface area contributed by atoms with Crippen molar-refractivity contribution in [1.29, 1.82) is 0 Å². The molecule has 4 nitrogen and oxygen atoms in total. The fourth-order valence-electron chi connectivity index (χ4n) is 4.55. The largest absolute Gasteiger partial charge is 0.508 e. The lowest BCUT2D eigenvalue weighted by atomic mass is 9.76. The van der Waals surface area contributed by atoms with Crippen molar-refractivity contribution in [2.24, 2.45) is 5.92 Å². The fourth-order valence-corrected chi connectivity index (χ4v) is 4.55. The first-order valence-corrected chi connectivity index (χ1v) is 9.95. The van der Waals surface area contributed by atoms with Gasteiger partial charge in [-0.15, -0.1) is 0 Å². The van der Waals surface area contributed by atoms with Gasteiger partial charge in [-0.3, -0.25) is 0 Å². The summed E-state index contributed by atoms with van der Waals surface area (Å²) in [5.41, 5.74) is 4.12. The molecular weight excluding hydrogens is 362 g/mol. The van der Waals surface area contributed by atoms with E-state index in [2.05, 4.69) is 35.7 Å². The van der Waals surface area contributed by atoms with Gasteiger partial charge in [0.25, 0.3) is 0 Å². The number of aromatic hydroxyl groups is 2. The monoisotopic (exact) mass is 385 g/mol. The molecule has 0 radical (unpaired) electrons. The molecule has 0 saturated heterocycles. The third-order valence-electron chi connectivity index (χ3n) is 5.94. The number of phenols is 2. The molecule has 0 bridgehead atoms. The summed E-state index contributed by atoms with van der Waals surface area (Å²) in [4.78, 5) is 0. The van der Waals surface area contributed by atoms with Crippen molar-refractivity contribution >= 4 is 5.69 Å². The molecular formula is C25H23NO3. The van der Waals surface area contributed by atoms with Crippen molar-refractivity contribution in [1.82, 2.24) is 0 Å². The zero-order valence-corrected chi connectivity index (χ0v) is 16.0. The summed E-state index contributed by atoms with van der Waals surface area (Å²) < 4.78 is 6.18. The number of fused-ring (bicyclic) bond motifs is 3. The summed E-state index contributed by atoms with van der Waals surface area (Å²) in [6, 6.07) is 21.1. The zero-order valence-electron chi connectivity index (χ0n) is 16.0. The molecule has 1 heterocycles. The Balaban J connectivity index is 1.51. The zero-order chi connectivity index (χ0) is 19.8. The van der Waals surface area contributed by atoms with Crippen LogP contribution < -0.4 is 10.1 Å². The summed E-state index contributed by atoms with van der Waals surface area (Å²) in [6.07, 6.45) is 5.42. The van der Waals surface area contributed by atoms with Gasteiger partial charge >= 0.3 is 0 Å². The lowest BCUT2D eigenvalue weighted by molar-refractivity contribution is 0.304. The van der Waals surface area contributed by atoms with Crippen LogP contribution in [0.15, 0.2) is 78.9 Å². The molecule has 5 rings (SSSR count). The minimum Gasteiger partial charge on any atom is -0.508 e. The van der Waals surface area contributed by atoms with E-state index in [-0.39, 0.29) is 23.5 Å². The van der Waals surface area contributed by atoms with Crippen LogP contribution in [0, 0.1) is 5.92 Å². The van der Waals surface area contributed by atoms with E-state index in [1.165, 1.54) is 11.6 Å². The Bertz CT molecular complexity index is 1060. The SMILES string of the molecule is Oc1ccc(C2Nc3c(OCc4ccccc4)cccc3C3C=CCC32)c(O)c1. The molecule has 3 unspecified atom stereocenters. The van der Waals surface area contributed by atoms with E-state index in [0.29, 0.717) is 12.5 Å². The highest BCUT2D eigenvalue weighted by Gasteiger charge is 2.39. The second kappa shape index (κ2) is 7.21. The molecule has 0 saturated carbocycles. The van der Waals surface area contributed by atoms with Crippen molar-refractivity contribution in [3.8, 4) is 17.2 Å². The van der Waals surface area contributed by atoms with Gasteiger partial charge in [0.05, 0.1) is 11.7 Å². The molecule has 0 amide bonds. The molecule has 146 valence electrons. The van der Waals surface area contributed by atoms with Crippen molar-refractivity contribution in [3.63, 3.8) is 0 Å². The van der Waals surface area contributed by atoms with Crippen LogP contribution in [-0.2, 0) is 6.61 Å². The predicted octanol–water partition coefficient (Wildman–Crippen LogP) is 5.50. The molecule has 29 heavy (non-hydrogen) atoms. The van der Waals surface area contributed by atoms with Crippen LogP contribution in [0.2, 0.25) is 0 Å². The second-order valence-corrected chi connectivity index (χ2v) is 7.71. The van der Waals surface area contributed by atoms with Gasteiger partial charge in [0.2, 0.25) is 0 Å². The van der Waals surface area contributed by atoms with Gasteiger partial charge in [0.15, 0.2) is 0 Å². The van der Waals surface area contributed by atoms with Gasteiger partial charge < -0.3 is 20.3 Å². The first-order chi connectivity index (χ1) is 14.2. The maximum absolute atomic E-state index is 10.5. The number of anilines is 1. The predicted molar refractivity (Wildman–Crippen MR) is 113 cm³/mol. The molecule has 1 aliphatic heterocycles. The molecule has 0 aromatic heterocycles. The molecule has 3 aromatic carbocycles. The summed E-state index contributed by atoms with van der Waals surface area (Å²) in [6.45, 7) is 0.498. The van der Waals surface area contributed by atoms with Gasteiger partial charge in [-0.05, 0) is 41.7 Å². The number of ether oxygens (including phenoxy) is 1. The fraction of sp³-hybridized carbons (Fsp3) is 0.200. The average Bonchev–Trinajstić information content (AvgIpc) is 3.23. The summed E-state index contributed by atoms with van der Waals surface area (Å²) in [5, 5.41) is 23.8. The number of para-hydroxylation sites is 1. The Morgan fingerprint density at radius 3 is 2.62 bits per heavy atom. The maximum Gasteiger partial charge on any atom is 0.143 e. The average molecular weight is 385 g/mol. The van der Waals surface area contributed by atoms with Crippen LogP contribution >= 0.6 is 0 Å². The number of phenolic OH excluding ortho intramolecular Hbond substituents is 2. The van der Waals surface area contributed by atoms with Crippen molar-refractivity contribution in [2.45, 2.75) is 25.0 Å². The summed E-state index contributed by atoms with van der Waals surface area (Å²) >= 11 is 0. The van der Waals surface area contributed by atoms with Crippen LogP contribution in [0.1, 0.15) is 35.1 Å². The Morgan fingerprint density at radius 1 is 0.931 bits per heavy atom. The van der Waals surface area contributed by atoms with Gasteiger partial charge in [-0.25, -0.2) is 0 Å². The number of rotatable bonds is 4. The third-order valence-corrected chi connectivity index (χ3v) is 5.94. The second-order valence-electron chi connectivity index (χ2n) is 7.71. The van der Waals surface area contributed by atoms with Gasteiger partial charge in [-0.2, -0.15) is 0 Å². The van der Waals surface area contributed by atoms with E-state index in [0.717, 1.165) is 29.0 Å². The van der Waals surface area contributed by atoms with Gasteiger partial charge in [-0.1, -0.05) is 54.6 Å². The van der Waals surface area contributed by atoms with Gasteiger partial charge in [0, 0.05) is 17.5 Å². The lowest BCUT2D eigenvalue weighted by Gasteiger charge is -2.38. The van der Waals surface area contributed by atoms with Gasteiger partial charge in [0.1, 0.15) is 23.9 Å². The number of hydrogen-bond acceptors (Lipinski definition) is 4. The van der Waals surface area contributed by atoms with Crippen LogP contribution in [0.4, 0.5) is 5.69 Å². The minimum atomic E-state index is -0.0652. The highest BCUT2D eigenvalue weighted by Crippen LogP contribution is 2.53. The van der Waals surface area contributed by atoms with E-state index < -0.39 is 0 Å². The first kappa shape index (κ1) is 17.7. The maximum atomic E-state index is 10.5. The molecule has 3 aromatic rings. The number of benzene rings is 3. The van der Waals surface area contributed by atoms with E-state index in [1.807, 2.05) is 30.3 Å². The smallest absolute Gasteiger partial charge is 0.143 e. The highest BCUT2D eigenvalue weighted by molar-refractivity contribution is 5.68. The molecule has 0 fully saturated rings. The van der Waals surface area contributed by atoms with Crippen LogP contribution in [0.3, 0.4) is 0 Å². The first-order valence-electron chi connectivity index (χ1n) is 9.95. The number of nitrogens with one attached hydrogen (secondary N) is 1. The normalized spacial score (nSPS) is 21.9. The molecule has 3 N–H and O–H groups in total. The van der Waals surface area contributed by atoms with Crippen molar-refractivity contribution < 1.29 is 14.9 Å². The molecule has 0 spiro atoms. The van der Waals surface area contributed by atoms with E-state index >= 15 is 0 Å². The van der Waals surface area contributed by atoms with Crippen LogP contribution in [0.25, 0.3) is 0 Å². The Morgan fingerprint density at radius 2 is 1.79 bits per heavy atom. The van der Waals surface area contributed by atoms with E-state index in [9.17, 15) is 10.2 Å². The molecule has 2 aliphatic rings. The van der Waals surface area contributed by atoms with Crippen molar-refractivity contribution in [3.05, 3.63) is 95.6 Å². The summed E-state index contributed by atoms with van der Waals surface area (Å²) in [7, 11) is 0. The summed E-state index contributed by atoms with van der Waals surface area (Å²) in [5.74, 6) is 1.56.